The zero-order valence-electron chi connectivity index (χ0n) is 13.6. The summed E-state index contributed by atoms with van der Waals surface area (Å²) in [4.78, 5) is 11.4. The number of rotatable bonds is 4. The third kappa shape index (κ3) is 4.73. The normalized spacial score (nSPS) is 11.6. The van der Waals surface area contributed by atoms with Gasteiger partial charge < -0.3 is 0 Å². The highest BCUT2D eigenvalue weighted by Gasteiger charge is 2.34. The van der Waals surface area contributed by atoms with Crippen molar-refractivity contribution in [3.05, 3.63) is 58.9 Å². The molecule has 11 heteroatoms. The summed E-state index contributed by atoms with van der Waals surface area (Å²) >= 11 is 0. The number of benzene rings is 2. The Balaban J connectivity index is 2.28. The average molecular weight is 401 g/mol. The Morgan fingerprint density at radius 1 is 1.15 bits per heavy atom. The molecule has 0 aliphatic heterocycles. The maximum Gasteiger partial charge on any atom is 0.418 e. The molecule has 2 N–H and O–H groups in total. The summed E-state index contributed by atoms with van der Waals surface area (Å²) < 4.78 is 75.7. The van der Waals surface area contributed by atoms with E-state index in [1.807, 2.05) is 5.43 Å². The Morgan fingerprint density at radius 2 is 1.81 bits per heavy atom. The van der Waals surface area contributed by atoms with Crippen LogP contribution in [0.3, 0.4) is 0 Å². The van der Waals surface area contributed by atoms with Crippen LogP contribution in [-0.2, 0) is 16.0 Å². The molecule has 142 valence electrons. The molecule has 2 rings (SSSR count). The quantitative estimate of drug-likeness (QED) is 0.606. The van der Waals surface area contributed by atoms with E-state index in [2.05, 4.69) is 5.43 Å². The highest BCUT2D eigenvalue weighted by Crippen LogP contribution is 2.35. The molecule has 0 fully saturated rings. The molecule has 6 nitrogen and oxygen atoms in total. The van der Waals surface area contributed by atoms with Crippen molar-refractivity contribution in [1.82, 2.24) is 5.43 Å². The molecule has 0 radical (unpaired) electrons. The van der Waals surface area contributed by atoms with Crippen molar-refractivity contribution in [3.63, 3.8) is 0 Å². The lowest BCUT2D eigenvalue weighted by Gasteiger charge is -2.15. The number of alkyl halides is 3. The molecule has 0 aliphatic carbocycles. The van der Waals surface area contributed by atoms with Gasteiger partial charge in [0.15, 0.2) is 9.84 Å². The summed E-state index contributed by atoms with van der Waals surface area (Å²) in [5.74, 6) is -2.05. The molecule has 1 amide bonds. The van der Waals surface area contributed by atoms with Crippen LogP contribution in [0, 0.1) is 17.1 Å². The van der Waals surface area contributed by atoms with Crippen molar-refractivity contribution in [3.8, 4) is 6.07 Å². The Labute approximate surface area is 151 Å². The summed E-state index contributed by atoms with van der Waals surface area (Å²) in [6.07, 6.45) is -4.04. The monoisotopic (exact) mass is 401 g/mol. The highest BCUT2D eigenvalue weighted by molar-refractivity contribution is 7.90. The molecule has 0 aromatic heterocycles. The number of nitriles is 1. The molecule has 0 saturated carbocycles. The Bertz CT molecular complexity index is 1040. The van der Waals surface area contributed by atoms with Crippen LogP contribution in [0.4, 0.5) is 23.2 Å². The van der Waals surface area contributed by atoms with Gasteiger partial charge in [0.1, 0.15) is 10.7 Å². The lowest BCUT2D eigenvalue weighted by Crippen LogP contribution is -2.30. The van der Waals surface area contributed by atoms with Crippen molar-refractivity contribution in [2.24, 2.45) is 0 Å². The molecule has 2 aromatic rings. The van der Waals surface area contributed by atoms with E-state index in [0.717, 1.165) is 36.6 Å². The van der Waals surface area contributed by atoms with Crippen molar-refractivity contribution < 1.29 is 30.8 Å². The van der Waals surface area contributed by atoms with Crippen molar-refractivity contribution in [2.45, 2.75) is 11.1 Å². The highest BCUT2D eigenvalue weighted by atomic mass is 32.2. The van der Waals surface area contributed by atoms with Crippen LogP contribution in [0.15, 0.2) is 41.3 Å². The molecule has 0 bridgehead atoms. The second-order valence-corrected chi connectivity index (χ2v) is 7.35. The van der Waals surface area contributed by atoms with Gasteiger partial charge in [-0.2, -0.15) is 18.4 Å². The Hall–Kier alpha value is -3.13. The SMILES string of the molecule is CS(=O)(=O)c1cc(C(=O)NNc2ccc(C#N)cc2C(F)(F)F)ccc1F. The largest absolute Gasteiger partial charge is 0.418 e. The van der Waals surface area contributed by atoms with Gasteiger partial charge in [0, 0.05) is 11.8 Å². The minimum Gasteiger partial charge on any atom is -0.298 e. The first kappa shape index (κ1) is 20.2. The molecule has 27 heavy (non-hydrogen) atoms. The summed E-state index contributed by atoms with van der Waals surface area (Å²) in [5.41, 5.74) is 1.82. The Kier molecular flexibility index (Phi) is 5.41. The second-order valence-electron chi connectivity index (χ2n) is 5.37. The van der Waals surface area contributed by atoms with Gasteiger partial charge in [-0.1, -0.05) is 0 Å². The number of nitrogens with zero attached hydrogens (tertiary/aromatic N) is 1. The number of anilines is 1. The number of nitrogens with one attached hydrogen (secondary N) is 2. The van der Waals surface area contributed by atoms with Crippen LogP contribution < -0.4 is 10.9 Å². The minimum absolute atomic E-state index is 0.226. The van der Waals surface area contributed by atoms with E-state index in [-0.39, 0.29) is 11.1 Å². The second kappa shape index (κ2) is 7.24. The topological polar surface area (TPSA) is 99.1 Å². The smallest absolute Gasteiger partial charge is 0.298 e. The predicted molar refractivity (Wildman–Crippen MR) is 86.8 cm³/mol. The number of hydrogen-bond donors (Lipinski definition) is 2. The minimum atomic E-state index is -4.79. The number of amides is 1. The third-order valence-electron chi connectivity index (χ3n) is 3.36. The fourth-order valence-corrected chi connectivity index (χ4v) is 2.85. The van der Waals surface area contributed by atoms with Gasteiger partial charge >= 0.3 is 6.18 Å². The molecule has 2 aromatic carbocycles. The molecule has 0 saturated heterocycles. The molecular formula is C16H11F4N3O3S. The van der Waals surface area contributed by atoms with Crippen LogP contribution in [0.5, 0.6) is 0 Å². The maximum absolute atomic E-state index is 13.6. The fourth-order valence-electron chi connectivity index (χ4n) is 2.08. The Morgan fingerprint density at radius 3 is 2.37 bits per heavy atom. The molecule has 0 heterocycles. The molecular weight excluding hydrogens is 390 g/mol. The maximum atomic E-state index is 13.6. The zero-order chi connectivity index (χ0) is 20.4. The van der Waals surface area contributed by atoms with E-state index >= 15 is 0 Å². The number of carbonyl (C=O) groups excluding carboxylic acids is 1. The van der Waals surface area contributed by atoms with E-state index in [1.165, 1.54) is 0 Å². The summed E-state index contributed by atoms with van der Waals surface area (Å²) in [7, 11) is -3.95. The van der Waals surface area contributed by atoms with Crippen LogP contribution in [0.2, 0.25) is 0 Å². The van der Waals surface area contributed by atoms with Crippen LogP contribution in [-0.4, -0.2) is 20.6 Å². The molecule has 0 unspecified atom stereocenters. The van der Waals surface area contributed by atoms with Gasteiger partial charge in [-0.15, -0.1) is 0 Å². The lowest BCUT2D eigenvalue weighted by molar-refractivity contribution is -0.137. The van der Waals surface area contributed by atoms with Gasteiger partial charge in [-0.25, -0.2) is 12.8 Å². The first-order valence-electron chi connectivity index (χ1n) is 7.11. The van der Waals surface area contributed by atoms with E-state index in [0.29, 0.717) is 6.07 Å². The first-order chi connectivity index (χ1) is 12.4. The summed E-state index contributed by atoms with van der Waals surface area (Å²) in [5, 5.41) is 8.71. The van der Waals surface area contributed by atoms with Crippen LogP contribution in [0.1, 0.15) is 21.5 Å². The summed E-state index contributed by atoms with van der Waals surface area (Å²) in [6.45, 7) is 0. The van der Waals surface area contributed by atoms with Crippen LogP contribution >= 0.6 is 0 Å². The van der Waals surface area contributed by atoms with E-state index in [1.54, 1.807) is 6.07 Å². The predicted octanol–water partition coefficient (Wildman–Crippen LogP) is 2.88. The van der Waals surface area contributed by atoms with Gasteiger partial charge in [-0.05, 0) is 36.4 Å². The standard InChI is InChI=1S/C16H11F4N3O3S/c1-27(25,26)14-7-10(3-4-12(14)17)15(24)23-22-13-5-2-9(8-21)6-11(13)16(18,19)20/h2-7,22H,1H3,(H,23,24). The molecule has 0 spiro atoms. The third-order valence-corrected chi connectivity index (χ3v) is 4.47. The van der Waals surface area contributed by atoms with Gasteiger partial charge in [0.2, 0.25) is 0 Å². The zero-order valence-corrected chi connectivity index (χ0v) is 14.4. The van der Waals surface area contributed by atoms with Gasteiger partial charge in [0.05, 0.1) is 22.9 Å². The van der Waals surface area contributed by atoms with Crippen molar-refractivity contribution in [2.75, 3.05) is 11.7 Å². The summed E-state index contributed by atoms with van der Waals surface area (Å²) in [6, 6.07) is 6.75. The van der Waals surface area contributed by atoms with Crippen LogP contribution in [0.25, 0.3) is 0 Å². The first-order valence-corrected chi connectivity index (χ1v) is 9.00. The lowest BCUT2D eigenvalue weighted by atomic mass is 10.1. The number of hydrazine groups is 1. The average Bonchev–Trinajstić information content (AvgIpc) is 2.58. The number of hydrogen-bond acceptors (Lipinski definition) is 5. The van der Waals surface area contributed by atoms with E-state index in [9.17, 15) is 30.8 Å². The molecule has 0 atom stereocenters. The number of carbonyl (C=O) groups is 1. The molecule has 0 aliphatic rings. The number of halogens is 4. The van der Waals surface area contributed by atoms with E-state index < -0.39 is 43.9 Å². The fraction of sp³-hybridized carbons (Fsp3) is 0.125. The van der Waals surface area contributed by atoms with Gasteiger partial charge in [0.25, 0.3) is 5.91 Å². The number of sulfone groups is 1. The van der Waals surface area contributed by atoms with Crippen molar-refractivity contribution in [1.29, 1.82) is 5.26 Å². The van der Waals surface area contributed by atoms with Gasteiger partial charge in [-0.3, -0.25) is 15.6 Å². The van der Waals surface area contributed by atoms with E-state index in [4.69, 9.17) is 5.26 Å². The van der Waals surface area contributed by atoms with Crippen molar-refractivity contribution >= 4 is 21.4 Å².